The lowest BCUT2D eigenvalue weighted by molar-refractivity contribution is -0.164. The van der Waals surface area contributed by atoms with E-state index in [1.807, 2.05) is 45.4 Å². The molecule has 3 fully saturated rings. The van der Waals surface area contributed by atoms with Crippen molar-refractivity contribution in [2.45, 2.75) is 50.9 Å². The van der Waals surface area contributed by atoms with Crippen molar-refractivity contribution in [2.24, 2.45) is 11.3 Å². The normalized spacial score (nSPS) is 32.7. The van der Waals surface area contributed by atoms with Crippen molar-refractivity contribution in [3.63, 3.8) is 0 Å². The molecule has 3 aromatic rings. The minimum absolute atomic E-state index is 0.00340. The van der Waals surface area contributed by atoms with Gasteiger partial charge in [0, 0.05) is 12.5 Å². The Morgan fingerprint density at radius 2 is 2.00 bits per heavy atom. The Balaban J connectivity index is 1.31. The summed E-state index contributed by atoms with van der Waals surface area (Å²) in [4.78, 5) is 13.4. The predicted molar refractivity (Wildman–Crippen MR) is 114 cm³/mol. The highest BCUT2D eigenvalue weighted by Gasteiger charge is 2.76. The van der Waals surface area contributed by atoms with Gasteiger partial charge in [-0.25, -0.2) is 15.0 Å². The Morgan fingerprint density at radius 1 is 1.16 bits per heavy atom. The van der Waals surface area contributed by atoms with Crippen LogP contribution in [0.4, 0.5) is 5.82 Å². The number of rotatable bonds is 6. The quantitative estimate of drug-likeness (QED) is 0.654. The first kappa shape index (κ1) is 19.2. The van der Waals surface area contributed by atoms with Gasteiger partial charge in [-0.15, -0.1) is 0 Å². The molecule has 0 amide bonds. The molecular weight excluding hydrogens is 394 g/mol. The number of imidazole rings is 1. The monoisotopic (exact) mass is 421 g/mol. The number of fused-ring (bicyclic) bond motifs is 4. The first-order valence-corrected chi connectivity index (χ1v) is 10.8. The van der Waals surface area contributed by atoms with Crippen LogP contribution in [-0.4, -0.2) is 51.2 Å². The minimum atomic E-state index is -0.616. The maximum Gasteiger partial charge on any atom is 0.165 e. The number of nitrogens with zero attached hydrogens (tertiary/aromatic N) is 4. The molecule has 0 bridgehead atoms. The Labute approximate surface area is 181 Å². The lowest BCUT2D eigenvalue weighted by atomic mass is 10.0. The van der Waals surface area contributed by atoms with Gasteiger partial charge in [0.25, 0.3) is 0 Å². The van der Waals surface area contributed by atoms with Crippen LogP contribution in [0.5, 0.6) is 0 Å². The SMILES string of the molecule is CNc1ncnc2c1ncn2[C@H]1[C@@H]2OC(C)(C)O[C@@H]2[C@]2(COCc3ccccc3)C[C@H]12. The lowest BCUT2D eigenvalue weighted by Crippen LogP contribution is -2.33. The Hall–Kier alpha value is -2.55. The summed E-state index contributed by atoms with van der Waals surface area (Å²) in [5.74, 6) is 0.518. The molecule has 0 spiro atoms. The molecule has 5 atom stereocenters. The number of hydrogen-bond acceptors (Lipinski definition) is 7. The van der Waals surface area contributed by atoms with Crippen LogP contribution in [0, 0.1) is 11.3 Å². The molecule has 3 heterocycles. The van der Waals surface area contributed by atoms with Crippen molar-refractivity contribution >= 4 is 17.0 Å². The van der Waals surface area contributed by atoms with Gasteiger partial charge in [-0.05, 0) is 31.7 Å². The summed E-state index contributed by atoms with van der Waals surface area (Å²) in [6, 6.07) is 10.4. The van der Waals surface area contributed by atoms with E-state index < -0.39 is 5.79 Å². The molecule has 2 saturated carbocycles. The zero-order valence-corrected chi connectivity index (χ0v) is 18.0. The first-order chi connectivity index (χ1) is 15.0. The fourth-order valence-electron chi connectivity index (χ4n) is 5.64. The summed E-state index contributed by atoms with van der Waals surface area (Å²) in [5, 5.41) is 3.10. The number of anilines is 1. The molecule has 1 aliphatic heterocycles. The van der Waals surface area contributed by atoms with E-state index in [9.17, 15) is 0 Å². The van der Waals surface area contributed by atoms with Crippen LogP contribution in [0.3, 0.4) is 0 Å². The first-order valence-electron chi connectivity index (χ1n) is 10.8. The predicted octanol–water partition coefficient (Wildman–Crippen LogP) is 3.17. The Kier molecular flexibility index (Phi) is 4.15. The van der Waals surface area contributed by atoms with Crippen LogP contribution >= 0.6 is 0 Å². The third-order valence-corrected chi connectivity index (χ3v) is 7.02. The van der Waals surface area contributed by atoms with Crippen LogP contribution in [0.25, 0.3) is 11.2 Å². The summed E-state index contributed by atoms with van der Waals surface area (Å²) in [7, 11) is 1.85. The van der Waals surface area contributed by atoms with Gasteiger partial charge in [0.2, 0.25) is 0 Å². The maximum absolute atomic E-state index is 6.44. The highest BCUT2D eigenvalue weighted by molar-refractivity contribution is 5.82. The minimum Gasteiger partial charge on any atom is -0.376 e. The zero-order valence-electron chi connectivity index (χ0n) is 18.0. The standard InChI is InChI=1S/C23H27N5O3/c1-22(2)30-18-17(28-13-27-16-20(24-3)25-12-26-21(16)28)15-9-23(15,19(18)31-22)11-29-10-14-7-5-4-6-8-14/h4-8,12-13,15,17-19H,9-11H2,1-3H3,(H,24,25,26)/t15-,17-,18+,19+,23+/m1/s1. The fourth-order valence-corrected chi connectivity index (χ4v) is 5.64. The van der Waals surface area contributed by atoms with Gasteiger partial charge in [-0.2, -0.15) is 0 Å². The largest absolute Gasteiger partial charge is 0.376 e. The summed E-state index contributed by atoms with van der Waals surface area (Å²) in [6.45, 7) is 5.25. The van der Waals surface area contributed by atoms with Gasteiger partial charge >= 0.3 is 0 Å². The summed E-state index contributed by atoms with van der Waals surface area (Å²) < 4.78 is 21.2. The van der Waals surface area contributed by atoms with E-state index in [0.29, 0.717) is 19.1 Å². The summed E-state index contributed by atoms with van der Waals surface area (Å²) in [5.41, 5.74) is 2.75. The third-order valence-electron chi connectivity index (χ3n) is 7.02. The van der Waals surface area contributed by atoms with Crippen LogP contribution in [0.1, 0.15) is 31.9 Å². The number of aromatic nitrogens is 4. The van der Waals surface area contributed by atoms with Crippen molar-refractivity contribution in [1.29, 1.82) is 0 Å². The van der Waals surface area contributed by atoms with Gasteiger partial charge in [0.05, 0.1) is 31.7 Å². The molecule has 8 heteroatoms. The van der Waals surface area contributed by atoms with E-state index in [-0.39, 0.29) is 23.7 Å². The Bertz CT molecular complexity index is 1120. The summed E-state index contributed by atoms with van der Waals surface area (Å²) >= 11 is 0. The van der Waals surface area contributed by atoms with E-state index in [4.69, 9.17) is 14.2 Å². The molecule has 1 aromatic carbocycles. The van der Waals surface area contributed by atoms with E-state index in [2.05, 4.69) is 37.0 Å². The molecular formula is C23H27N5O3. The third kappa shape index (κ3) is 2.89. The second kappa shape index (κ2) is 6.72. The molecule has 6 rings (SSSR count). The van der Waals surface area contributed by atoms with Crippen molar-refractivity contribution in [2.75, 3.05) is 19.0 Å². The van der Waals surface area contributed by atoms with Crippen molar-refractivity contribution in [3.8, 4) is 0 Å². The second-order valence-electron chi connectivity index (χ2n) is 9.33. The summed E-state index contributed by atoms with van der Waals surface area (Å²) in [6.07, 6.45) is 4.44. The molecule has 31 heavy (non-hydrogen) atoms. The fraction of sp³-hybridized carbons (Fsp3) is 0.522. The number of hydrogen-bond donors (Lipinski definition) is 1. The number of ether oxygens (including phenoxy) is 3. The van der Waals surface area contributed by atoms with Crippen LogP contribution in [0.15, 0.2) is 43.0 Å². The topological polar surface area (TPSA) is 83.3 Å². The molecule has 2 aliphatic carbocycles. The average molecular weight is 422 g/mol. The molecule has 2 aromatic heterocycles. The highest BCUT2D eigenvalue weighted by atomic mass is 16.8. The highest BCUT2D eigenvalue weighted by Crippen LogP contribution is 2.71. The van der Waals surface area contributed by atoms with Gasteiger partial charge in [0.1, 0.15) is 17.9 Å². The lowest BCUT2D eigenvalue weighted by Gasteiger charge is -2.24. The second-order valence-corrected chi connectivity index (χ2v) is 9.33. The molecule has 0 radical (unpaired) electrons. The smallest absolute Gasteiger partial charge is 0.165 e. The van der Waals surface area contributed by atoms with Crippen LogP contribution in [0.2, 0.25) is 0 Å². The van der Waals surface area contributed by atoms with Gasteiger partial charge in [0.15, 0.2) is 17.3 Å². The van der Waals surface area contributed by atoms with Crippen molar-refractivity contribution < 1.29 is 14.2 Å². The molecule has 1 saturated heterocycles. The van der Waals surface area contributed by atoms with Gasteiger partial charge in [-0.1, -0.05) is 30.3 Å². The number of benzene rings is 1. The molecule has 162 valence electrons. The molecule has 3 aliphatic rings. The molecule has 0 unspecified atom stereocenters. The Morgan fingerprint density at radius 3 is 2.81 bits per heavy atom. The van der Waals surface area contributed by atoms with Gasteiger partial charge in [-0.3, -0.25) is 0 Å². The van der Waals surface area contributed by atoms with E-state index in [0.717, 1.165) is 23.4 Å². The van der Waals surface area contributed by atoms with Crippen molar-refractivity contribution in [1.82, 2.24) is 19.5 Å². The zero-order chi connectivity index (χ0) is 21.2. The molecule has 8 nitrogen and oxygen atoms in total. The van der Waals surface area contributed by atoms with E-state index in [1.165, 1.54) is 5.56 Å². The number of nitrogens with one attached hydrogen (secondary N) is 1. The van der Waals surface area contributed by atoms with E-state index >= 15 is 0 Å². The molecule has 1 N–H and O–H groups in total. The maximum atomic E-state index is 6.44. The average Bonchev–Trinajstić information content (AvgIpc) is 3.03. The van der Waals surface area contributed by atoms with E-state index in [1.54, 1.807) is 6.33 Å². The van der Waals surface area contributed by atoms with Crippen molar-refractivity contribution in [3.05, 3.63) is 48.5 Å². The van der Waals surface area contributed by atoms with Crippen LogP contribution in [-0.2, 0) is 20.8 Å². The van der Waals surface area contributed by atoms with Gasteiger partial charge < -0.3 is 24.1 Å². The van der Waals surface area contributed by atoms with Crippen LogP contribution < -0.4 is 5.32 Å².